The maximum atomic E-state index is 11.7. The van der Waals surface area contributed by atoms with E-state index in [0.717, 1.165) is 32.1 Å². The van der Waals surface area contributed by atoms with Crippen LogP contribution in [0.5, 0.6) is 0 Å². The number of carbonyl (C=O) groups is 1. The summed E-state index contributed by atoms with van der Waals surface area (Å²) in [6, 6.07) is 5.31. The molecule has 1 atom stereocenters. The maximum Gasteiger partial charge on any atom is 0.308 e. The highest BCUT2D eigenvalue weighted by Crippen LogP contribution is 2.29. The van der Waals surface area contributed by atoms with Crippen molar-refractivity contribution in [1.82, 2.24) is 5.32 Å². The first-order valence-electron chi connectivity index (χ1n) is 7.70. The van der Waals surface area contributed by atoms with Crippen molar-refractivity contribution in [3.63, 3.8) is 0 Å². The lowest BCUT2D eigenvalue weighted by Crippen LogP contribution is -2.37. The number of esters is 1. The minimum atomic E-state index is -0.00347. The summed E-state index contributed by atoms with van der Waals surface area (Å²) in [5.74, 6) is 0.117. The molecule has 1 heterocycles. The molecule has 0 amide bonds. The third-order valence-electron chi connectivity index (χ3n) is 4.08. The first-order chi connectivity index (χ1) is 9.74. The van der Waals surface area contributed by atoms with Gasteiger partial charge in [-0.15, -0.1) is 11.3 Å². The summed E-state index contributed by atoms with van der Waals surface area (Å²) in [5, 5.41) is 5.89. The number of hydrogen-bond acceptors (Lipinski definition) is 4. The van der Waals surface area contributed by atoms with Gasteiger partial charge in [-0.3, -0.25) is 4.79 Å². The predicted octanol–water partition coefficient (Wildman–Crippen LogP) is 3.91. The van der Waals surface area contributed by atoms with Crippen LogP contribution in [-0.4, -0.2) is 18.6 Å². The fraction of sp³-hybridized carbons (Fsp3) is 0.688. The zero-order valence-electron chi connectivity index (χ0n) is 12.4. The van der Waals surface area contributed by atoms with Crippen LogP contribution < -0.4 is 5.32 Å². The second-order valence-electron chi connectivity index (χ2n) is 5.44. The molecule has 3 nitrogen and oxygen atoms in total. The van der Waals surface area contributed by atoms with Crippen molar-refractivity contribution < 1.29 is 9.53 Å². The van der Waals surface area contributed by atoms with E-state index in [1.165, 1.54) is 4.88 Å². The summed E-state index contributed by atoms with van der Waals surface area (Å²) in [4.78, 5) is 13.1. The molecule has 0 saturated heterocycles. The second-order valence-corrected chi connectivity index (χ2v) is 6.42. The zero-order chi connectivity index (χ0) is 14.4. The lowest BCUT2D eigenvalue weighted by molar-refractivity contribution is -0.149. The normalized spacial score (nSPS) is 24.3. The molecule has 0 radical (unpaired) electrons. The number of carbonyl (C=O) groups excluding carboxylic acids is 1. The third-order valence-corrected chi connectivity index (χ3v) is 5.06. The Bertz CT molecular complexity index is 397. The Balaban J connectivity index is 1.80. The lowest BCUT2D eigenvalue weighted by Gasteiger charge is -2.30. The summed E-state index contributed by atoms with van der Waals surface area (Å²) in [6.45, 7) is 4.59. The van der Waals surface area contributed by atoms with E-state index >= 15 is 0 Å². The van der Waals surface area contributed by atoms with Gasteiger partial charge in [-0.05, 0) is 50.5 Å². The Labute approximate surface area is 125 Å². The summed E-state index contributed by atoms with van der Waals surface area (Å²) in [5.41, 5.74) is 0. The Morgan fingerprint density at radius 3 is 2.70 bits per heavy atom. The van der Waals surface area contributed by atoms with E-state index in [0.29, 0.717) is 18.7 Å². The lowest BCUT2D eigenvalue weighted by atomic mass is 9.85. The van der Waals surface area contributed by atoms with Crippen molar-refractivity contribution in [2.45, 2.75) is 58.0 Å². The van der Waals surface area contributed by atoms with Crippen LogP contribution in [0.25, 0.3) is 0 Å². The van der Waals surface area contributed by atoms with Gasteiger partial charge in [-0.1, -0.05) is 13.0 Å². The highest BCUT2D eigenvalue weighted by Gasteiger charge is 2.28. The van der Waals surface area contributed by atoms with E-state index in [-0.39, 0.29) is 11.9 Å². The minimum absolute atomic E-state index is 0.00347. The van der Waals surface area contributed by atoms with Gasteiger partial charge in [-0.25, -0.2) is 0 Å². The van der Waals surface area contributed by atoms with E-state index in [4.69, 9.17) is 4.74 Å². The van der Waals surface area contributed by atoms with Crippen molar-refractivity contribution >= 4 is 17.3 Å². The SMILES string of the molecule is CCOC(=O)C1CCC(NC(CC)c2cccs2)CC1. The molecule has 2 rings (SSSR count). The Kier molecular flexibility index (Phi) is 6.05. The molecule has 1 aliphatic rings. The molecule has 112 valence electrons. The molecule has 20 heavy (non-hydrogen) atoms. The fourth-order valence-electron chi connectivity index (χ4n) is 2.93. The maximum absolute atomic E-state index is 11.7. The van der Waals surface area contributed by atoms with Crippen LogP contribution in [-0.2, 0) is 9.53 Å². The van der Waals surface area contributed by atoms with Crippen LogP contribution >= 0.6 is 11.3 Å². The van der Waals surface area contributed by atoms with E-state index < -0.39 is 0 Å². The van der Waals surface area contributed by atoms with Gasteiger partial charge >= 0.3 is 5.97 Å². The standard InChI is InChI=1S/C16H25NO2S/c1-3-14(15-6-5-11-20-15)17-13-9-7-12(8-10-13)16(18)19-4-2/h5-6,11-14,17H,3-4,7-10H2,1-2H3. The molecule has 1 N–H and O–H groups in total. The highest BCUT2D eigenvalue weighted by molar-refractivity contribution is 7.10. The summed E-state index contributed by atoms with van der Waals surface area (Å²) >= 11 is 1.82. The van der Waals surface area contributed by atoms with Crippen LogP contribution in [0.15, 0.2) is 17.5 Å². The second kappa shape index (κ2) is 7.79. The van der Waals surface area contributed by atoms with Gasteiger partial charge in [-0.2, -0.15) is 0 Å². The molecular formula is C16H25NO2S. The van der Waals surface area contributed by atoms with Gasteiger partial charge < -0.3 is 10.1 Å². The van der Waals surface area contributed by atoms with Gasteiger partial charge in [0.15, 0.2) is 0 Å². The number of thiophene rings is 1. The number of rotatable bonds is 6. The number of hydrogen-bond donors (Lipinski definition) is 1. The average Bonchev–Trinajstić information content (AvgIpc) is 2.99. The van der Waals surface area contributed by atoms with E-state index in [2.05, 4.69) is 29.8 Å². The summed E-state index contributed by atoms with van der Waals surface area (Å²) in [7, 11) is 0. The monoisotopic (exact) mass is 295 g/mol. The molecule has 4 heteroatoms. The van der Waals surface area contributed by atoms with Crippen LogP contribution in [0.1, 0.15) is 56.9 Å². The van der Waals surface area contributed by atoms with E-state index in [9.17, 15) is 4.79 Å². The van der Waals surface area contributed by atoms with E-state index in [1.807, 2.05) is 18.3 Å². The fourth-order valence-corrected chi connectivity index (χ4v) is 3.80. The quantitative estimate of drug-likeness (QED) is 0.809. The van der Waals surface area contributed by atoms with Gasteiger partial charge in [0.25, 0.3) is 0 Å². The number of ether oxygens (including phenoxy) is 1. The Hall–Kier alpha value is -0.870. The van der Waals surface area contributed by atoms with Crippen LogP contribution in [0.2, 0.25) is 0 Å². The molecule has 0 bridgehead atoms. The summed E-state index contributed by atoms with van der Waals surface area (Å²) in [6.07, 6.45) is 5.17. The predicted molar refractivity (Wildman–Crippen MR) is 82.9 cm³/mol. The smallest absolute Gasteiger partial charge is 0.308 e. The van der Waals surface area contributed by atoms with Crippen molar-refractivity contribution in [3.8, 4) is 0 Å². The van der Waals surface area contributed by atoms with Crippen LogP contribution in [0.4, 0.5) is 0 Å². The largest absolute Gasteiger partial charge is 0.466 e. The molecule has 1 saturated carbocycles. The first-order valence-corrected chi connectivity index (χ1v) is 8.58. The molecule has 0 aliphatic heterocycles. The molecule has 1 aromatic heterocycles. The Morgan fingerprint density at radius 2 is 2.15 bits per heavy atom. The zero-order valence-corrected chi connectivity index (χ0v) is 13.2. The topological polar surface area (TPSA) is 38.3 Å². The highest BCUT2D eigenvalue weighted by atomic mass is 32.1. The van der Waals surface area contributed by atoms with Gasteiger partial charge in [0.05, 0.1) is 12.5 Å². The molecule has 0 spiro atoms. The van der Waals surface area contributed by atoms with Crippen LogP contribution in [0.3, 0.4) is 0 Å². The molecule has 1 unspecified atom stereocenters. The number of nitrogens with one attached hydrogen (secondary N) is 1. The van der Waals surface area contributed by atoms with E-state index in [1.54, 1.807) is 0 Å². The molecule has 1 fully saturated rings. The molecule has 0 aromatic carbocycles. The first kappa shape index (κ1) is 15.5. The third kappa shape index (κ3) is 4.06. The van der Waals surface area contributed by atoms with Crippen molar-refractivity contribution in [2.75, 3.05) is 6.61 Å². The van der Waals surface area contributed by atoms with Crippen molar-refractivity contribution in [1.29, 1.82) is 0 Å². The Morgan fingerprint density at radius 1 is 1.40 bits per heavy atom. The molecule has 1 aliphatic carbocycles. The van der Waals surface area contributed by atoms with Crippen molar-refractivity contribution in [2.24, 2.45) is 5.92 Å². The van der Waals surface area contributed by atoms with Crippen molar-refractivity contribution in [3.05, 3.63) is 22.4 Å². The summed E-state index contributed by atoms with van der Waals surface area (Å²) < 4.78 is 5.12. The van der Waals surface area contributed by atoms with Gasteiger partial charge in [0.1, 0.15) is 0 Å². The van der Waals surface area contributed by atoms with Gasteiger partial charge in [0, 0.05) is 17.0 Å². The van der Waals surface area contributed by atoms with Gasteiger partial charge in [0.2, 0.25) is 0 Å². The van der Waals surface area contributed by atoms with Crippen LogP contribution in [0, 0.1) is 5.92 Å². The molecule has 1 aromatic rings. The molecular weight excluding hydrogens is 270 g/mol. The minimum Gasteiger partial charge on any atom is -0.466 e. The average molecular weight is 295 g/mol.